The lowest BCUT2D eigenvalue weighted by Gasteiger charge is -2.31. The third kappa shape index (κ3) is 6.12. The Labute approximate surface area is 206 Å². The molecule has 2 saturated heterocycles. The molecule has 3 amide bonds. The number of benzene rings is 1. The first-order valence-electron chi connectivity index (χ1n) is 12.2. The number of likely N-dealkylation sites (tertiary alicyclic amines) is 1. The van der Waals surface area contributed by atoms with E-state index in [4.69, 9.17) is 14.2 Å². The van der Waals surface area contributed by atoms with Crippen LogP contribution in [0.1, 0.15) is 56.0 Å². The number of carbonyl (C=O) groups excluding carboxylic acids is 3. The summed E-state index contributed by atoms with van der Waals surface area (Å²) in [4.78, 5) is 41.3. The van der Waals surface area contributed by atoms with Crippen LogP contribution in [-0.2, 0) is 19.1 Å². The van der Waals surface area contributed by atoms with Crippen molar-refractivity contribution in [1.82, 2.24) is 15.5 Å². The molecule has 1 aromatic carbocycles. The second-order valence-corrected chi connectivity index (χ2v) is 9.28. The van der Waals surface area contributed by atoms with E-state index in [-0.39, 0.29) is 30.1 Å². The van der Waals surface area contributed by atoms with Gasteiger partial charge in [-0.05, 0) is 44.7 Å². The number of hydrogen-bond acceptors (Lipinski definition) is 7. The maximum absolute atomic E-state index is 13.5. The highest BCUT2D eigenvalue weighted by molar-refractivity contribution is 6.00. The van der Waals surface area contributed by atoms with Gasteiger partial charge in [0, 0.05) is 30.7 Å². The van der Waals surface area contributed by atoms with Crippen LogP contribution in [0.2, 0.25) is 0 Å². The molecule has 0 bridgehead atoms. The predicted molar refractivity (Wildman–Crippen MR) is 128 cm³/mol. The van der Waals surface area contributed by atoms with Gasteiger partial charge in [-0.1, -0.05) is 19.9 Å². The first-order valence-corrected chi connectivity index (χ1v) is 12.2. The van der Waals surface area contributed by atoms with Crippen LogP contribution in [0.25, 0.3) is 0 Å². The highest BCUT2D eigenvalue weighted by Crippen LogP contribution is 2.25. The number of nitrogens with zero attached hydrogens (tertiary/aromatic N) is 1. The zero-order chi connectivity index (χ0) is 25.7. The van der Waals surface area contributed by atoms with E-state index >= 15 is 0 Å². The van der Waals surface area contributed by atoms with Gasteiger partial charge in [0.15, 0.2) is 12.6 Å². The van der Waals surface area contributed by atoms with E-state index in [9.17, 15) is 19.5 Å². The van der Waals surface area contributed by atoms with Crippen molar-refractivity contribution < 1.29 is 33.7 Å². The number of ether oxygens (including phenoxy) is 3. The molecule has 1 aromatic rings. The highest BCUT2D eigenvalue weighted by atomic mass is 16.7. The summed E-state index contributed by atoms with van der Waals surface area (Å²) < 4.78 is 16.1. The first-order chi connectivity index (χ1) is 16.7. The summed E-state index contributed by atoms with van der Waals surface area (Å²) in [6.07, 6.45) is -0.351. The van der Waals surface area contributed by atoms with Crippen molar-refractivity contribution in [3.8, 4) is 5.75 Å². The summed E-state index contributed by atoms with van der Waals surface area (Å²) in [5.41, 5.74) is 1.12. The average molecular weight is 492 g/mol. The van der Waals surface area contributed by atoms with Gasteiger partial charge in [-0.25, -0.2) is 0 Å². The monoisotopic (exact) mass is 491 g/mol. The second kappa shape index (κ2) is 11.8. The third-order valence-electron chi connectivity index (χ3n) is 6.54. The van der Waals surface area contributed by atoms with Gasteiger partial charge in [0.05, 0.1) is 13.2 Å². The van der Waals surface area contributed by atoms with Crippen LogP contribution in [0, 0.1) is 12.8 Å². The van der Waals surface area contributed by atoms with Gasteiger partial charge in [0.2, 0.25) is 11.8 Å². The summed E-state index contributed by atoms with van der Waals surface area (Å²) in [6.45, 7) is 8.11. The summed E-state index contributed by atoms with van der Waals surface area (Å²) in [6, 6.07) is 3.22. The van der Waals surface area contributed by atoms with E-state index in [1.807, 2.05) is 13.8 Å². The summed E-state index contributed by atoms with van der Waals surface area (Å²) in [5.74, 6) is -0.586. The molecule has 3 rings (SSSR count). The fourth-order valence-electron chi connectivity index (χ4n) is 4.65. The number of methoxy groups -OCH3 is 1. The minimum Gasteiger partial charge on any atom is -0.496 e. The minimum absolute atomic E-state index is 0.192. The Morgan fingerprint density at radius 3 is 2.69 bits per heavy atom. The molecule has 1 unspecified atom stereocenters. The number of carbonyl (C=O) groups is 3. The van der Waals surface area contributed by atoms with Crippen molar-refractivity contribution in [3.63, 3.8) is 0 Å². The Morgan fingerprint density at radius 2 is 2.03 bits per heavy atom. The van der Waals surface area contributed by atoms with E-state index in [0.717, 1.165) is 0 Å². The normalized spacial score (nSPS) is 24.9. The van der Waals surface area contributed by atoms with Gasteiger partial charge in [0.1, 0.15) is 17.8 Å². The Kier molecular flexibility index (Phi) is 9.09. The molecule has 2 fully saturated rings. The quantitative estimate of drug-likeness (QED) is 0.476. The SMILES string of the molecule is CCO[C@@H]1OC(O)C[C@@H]1NC(=O)[C@@H]1CCCN1C(=O)[C@@H](NC(=O)c1cccc(OC)c1C)C(C)C. The molecule has 10 heteroatoms. The second-order valence-electron chi connectivity index (χ2n) is 9.28. The first kappa shape index (κ1) is 26.9. The molecular weight excluding hydrogens is 454 g/mol. The highest BCUT2D eigenvalue weighted by Gasteiger charge is 2.42. The minimum atomic E-state index is -1.02. The lowest BCUT2D eigenvalue weighted by atomic mass is 10.0. The molecule has 0 radical (unpaired) electrons. The van der Waals surface area contributed by atoms with E-state index in [1.54, 1.807) is 36.9 Å². The zero-order valence-electron chi connectivity index (χ0n) is 21.1. The summed E-state index contributed by atoms with van der Waals surface area (Å²) in [5, 5.41) is 15.6. The molecule has 194 valence electrons. The molecule has 2 aliphatic heterocycles. The molecule has 10 nitrogen and oxygen atoms in total. The molecule has 0 spiro atoms. The van der Waals surface area contributed by atoms with Gasteiger partial charge in [-0.3, -0.25) is 14.4 Å². The summed E-state index contributed by atoms with van der Waals surface area (Å²) in [7, 11) is 1.54. The van der Waals surface area contributed by atoms with Crippen LogP contribution in [0.4, 0.5) is 0 Å². The van der Waals surface area contributed by atoms with Crippen molar-refractivity contribution in [3.05, 3.63) is 29.3 Å². The van der Waals surface area contributed by atoms with Crippen molar-refractivity contribution in [1.29, 1.82) is 0 Å². The standard InChI is InChI=1S/C25H37N3O7/c1-6-34-25-17(13-20(29)35-25)26-23(31)18-10-8-12-28(18)24(32)21(14(2)3)27-22(30)16-9-7-11-19(33-5)15(16)4/h7,9,11,14,17-18,20-21,25,29H,6,8,10,12-13H2,1-5H3,(H,26,31)(H,27,30)/t17-,18-,20?,21-,25+/m0/s1. The van der Waals surface area contributed by atoms with E-state index in [2.05, 4.69) is 10.6 Å². The lowest BCUT2D eigenvalue weighted by Crippen LogP contribution is -2.56. The Bertz CT molecular complexity index is 922. The van der Waals surface area contributed by atoms with E-state index < -0.39 is 30.7 Å². The predicted octanol–water partition coefficient (Wildman–Crippen LogP) is 1.34. The Morgan fingerprint density at radius 1 is 1.29 bits per heavy atom. The Balaban J connectivity index is 1.71. The molecule has 0 aliphatic carbocycles. The van der Waals surface area contributed by atoms with Gasteiger partial charge >= 0.3 is 0 Å². The largest absolute Gasteiger partial charge is 0.496 e. The van der Waals surface area contributed by atoms with Crippen LogP contribution >= 0.6 is 0 Å². The van der Waals surface area contributed by atoms with Crippen LogP contribution in [0.3, 0.4) is 0 Å². The van der Waals surface area contributed by atoms with Crippen molar-refractivity contribution in [2.75, 3.05) is 20.3 Å². The topological polar surface area (TPSA) is 126 Å². The van der Waals surface area contributed by atoms with Crippen molar-refractivity contribution in [2.45, 2.75) is 77.7 Å². The third-order valence-corrected chi connectivity index (χ3v) is 6.54. The maximum Gasteiger partial charge on any atom is 0.252 e. The van der Waals surface area contributed by atoms with Gasteiger partial charge < -0.3 is 34.9 Å². The number of aliphatic hydroxyl groups is 1. The van der Waals surface area contributed by atoms with Crippen molar-refractivity contribution in [2.24, 2.45) is 5.92 Å². The number of nitrogens with one attached hydrogen (secondary N) is 2. The molecule has 2 aliphatic rings. The smallest absolute Gasteiger partial charge is 0.252 e. The number of hydrogen-bond donors (Lipinski definition) is 3. The Hall–Kier alpha value is -2.69. The van der Waals surface area contributed by atoms with E-state index in [1.165, 1.54) is 7.11 Å². The fourth-order valence-corrected chi connectivity index (χ4v) is 4.65. The van der Waals surface area contributed by atoms with E-state index in [0.29, 0.717) is 42.9 Å². The van der Waals surface area contributed by atoms with Crippen LogP contribution in [-0.4, -0.2) is 78.7 Å². The van der Waals surface area contributed by atoms with Crippen LogP contribution < -0.4 is 15.4 Å². The van der Waals surface area contributed by atoms with Gasteiger partial charge in [-0.15, -0.1) is 0 Å². The zero-order valence-corrected chi connectivity index (χ0v) is 21.1. The average Bonchev–Trinajstić information content (AvgIpc) is 3.44. The summed E-state index contributed by atoms with van der Waals surface area (Å²) >= 11 is 0. The van der Waals surface area contributed by atoms with Gasteiger partial charge in [0.25, 0.3) is 5.91 Å². The molecule has 0 saturated carbocycles. The number of rotatable bonds is 9. The molecule has 5 atom stereocenters. The van der Waals surface area contributed by atoms with Crippen LogP contribution in [0.15, 0.2) is 18.2 Å². The molecule has 3 N–H and O–H groups in total. The van der Waals surface area contributed by atoms with Crippen molar-refractivity contribution >= 4 is 17.7 Å². The maximum atomic E-state index is 13.5. The van der Waals surface area contributed by atoms with Crippen LogP contribution in [0.5, 0.6) is 5.75 Å². The molecular formula is C25H37N3O7. The number of amides is 3. The lowest BCUT2D eigenvalue weighted by molar-refractivity contribution is -0.188. The molecule has 35 heavy (non-hydrogen) atoms. The number of aliphatic hydroxyl groups excluding tert-OH is 1. The fraction of sp³-hybridized carbons (Fsp3) is 0.640. The van der Waals surface area contributed by atoms with Gasteiger partial charge in [-0.2, -0.15) is 0 Å². The molecule has 0 aromatic heterocycles. The molecule has 2 heterocycles.